The third kappa shape index (κ3) is 5.64. The number of anilines is 1. The van der Waals surface area contributed by atoms with Gasteiger partial charge in [-0.25, -0.2) is 0 Å². The normalized spacial score (nSPS) is 10.5. The lowest BCUT2D eigenvalue weighted by Crippen LogP contribution is -2.16. The summed E-state index contributed by atoms with van der Waals surface area (Å²) in [5, 5.41) is 7.05. The molecule has 1 amide bonds. The maximum Gasteiger partial charge on any atom is 0.265 e. The van der Waals surface area contributed by atoms with Gasteiger partial charge in [0, 0.05) is 16.3 Å². The summed E-state index contributed by atoms with van der Waals surface area (Å²) in [6.07, 6.45) is 1.46. The second-order valence-corrected chi connectivity index (χ2v) is 4.97. The minimum absolute atomic E-state index is 0.185. The van der Waals surface area contributed by atoms with Gasteiger partial charge in [-0.2, -0.15) is 0 Å². The average molecular weight is 333 g/mol. The summed E-state index contributed by atoms with van der Waals surface area (Å²) in [5.74, 6) is 0.363. The fourth-order valence-corrected chi connectivity index (χ4v) is 2.00. The van der Waals surface area contributed by atoms with E-state index in [4.69, 9.17) is 21.2 Å². The largest absolute Gasteiger partial charge is 0.493 e. The molecular formula is C17H17ClN2O3. The molecule has 0 aliphatic rings. The second-order valence-electron chi connectivity index (χ2n) is 4.54. The third-order valence-corrected chi connectivity index (χ3v) is 3.03. The summed E-state index contributed by atoms with van der Waals surface area (Å²) >= 11 is 5.95. The molecule has 2 rings (SSSR count). The Morgan fingerprint density at radius 3 is 2.78 bits per heavy atom. The maximum atomic E-state index is 11.7. The van der Waals surface area contributed by atoms with E-state index in [1.54, 1.807) is 30.3 Å². The Labute approximate surface area is 139 Å². The molecule has 2 aromatic rings. The predicted octanol–water partition coefficient (Wildman–Crippen LogP) is 3.73. The Hall–Kier alpha value is -2.53. The fraction of sp³-hybridized carbons (Fsp3) is 0.176. The van der Waals surface area contributed by atoms with Crippen molar-refractivity contribution in [3.8, 4) is 5.75 Å². The van der Waals surface area contributed by atoms with E-state index in [-0.39, 0.29) is 12.5 Å². The molecule has 0 aliphatic carbocycles. The topological polar surface area (TPSA) is 59.9 Å². The maximum absolute atomic E-state index is 11.7. The van der Waals surface area contributed by atoms with Gasteiger partial charge in [-0.3, -0.25) is 4.79 Å². The van der Waals surface area contributed by atoms with E-state index in [2.05, 4.69) is 10.5 Å². The van der Waals surface area contributed by atoms with E-state index in [0.717, 1.165) is 0 Å². The van der Waals surface area contributed by atoms with E-state index in [9.17, 15) is 4.79 Å². The molecule has 0 atom stereocenters. The highest BCUT2D eigenvalue weighted by atomic mass is 35.5. The van der Waals surface area contributed by atoms with Crippen LogP contribution in [0.5, 0.6) is 5.75 Å². The Bertz CT molecular complexity index is 675. The SMILES string of the molecule is CCOc1ccc(Cl)cc1/C=N/OCC(=O)Nc1ccccc1. The number of halogens is 1. The zero-order valence-electron chi connectivity index (χ0n) is 12.7. The van der Waals surface area contributed by atoms with Crippen LogP contribution in [0.15, 0.2) is 53.7 Å². The first-order chi connectivity index (χ1) is 11.2. The third-order valence-electron chi connectivity index (χ3n) is 2.79. The highest BCUT2D eigenvalue weighted by Gasteiger charge is 2.04. The number of hydrogen-bond acceptors (Lipinski definition) is 4. The van der Waals surface area contributed by atoms with E-state index in [1.165, 1.54) is 6.21 Å². The van der Waals surface area contributed by atoms with Gasteiger partial charge in [-0.15, -0.1) is 0 Å². The minimum Gasteiger partial charge on any atom is -0.493 e. The Kier molecular flexibility index (Phi) is 6.44. The molecule has 0 aromatic heterocycles. The van der Waals surface area contributed by atoms with Crippen molar-refractivity contribution in [2.24, 2.45) is 5.16 Å². The van der Waals surface area contributed by atoms with Crippen LogP contribution in [0, 0.1) is 0 Å². The molecule has 0 aliphatic heterocycles. The number of benzene rings is 2. The highest BCUT2D eigenvalue weighted by molar-refractivity contribution is 6.30. The smallest absolute Gasteiger partial charge is 0.265 e. The van der Waals surface area contributed by atoms with E-state index in [1.807, 2.05) is 25.1 Å². The molecule has 0 radical (unpaired) electrons. The second kappa shape index (κ2) is 8.80. The van der Waals surface area contributed by atoms with Gasteiger partial charge in [0.1, 0.15) is 5.75 Å². The highest BCUT2D eigenvalue weighted by Crippen LogP contribution is 2.21. The number of amides is 1. The lowest BCUT2D eigenvalue weighted by molar-refractivity contribution is -0.120. The van der Waals surface area contributed by atoms with Crippen molar-refractivity contribution in [1.82, 2.24) is 0 Å². The zero-order chi connectivity index (χ0) is 16.5. The summed E-state index contributed by atoms with van der Waals surface area (Å²) in [6, 6.07) is 14.3. The van der Waals surface area contributed by atoms with Gasteiger partial charge in [0.15, 0.2) is 6.61 Å². The lowest BCUT2D eigenvalue weighted by atomic mass is 10.2. The van der Waals surface area contributed by atoms with Crippen LogP contribution in [0.2, 0.25) is 5.02 Å². The molecule has 120 valence electrons. The predicted molar refractivity (Wildman–Crippen MR) is 91.2 cm³/mol. The molecule has 0 unspecified atom stereocenters. The van der Waals surface area contributed by atoms with Gasteiger partial charge >= 0.3 is 0 Å². The molecule has 0 spiro atoms. The summed E-state index contributed by atoms with van der Waals surface area (Å²) in [7, 11) is 0. The number of hydrogen-bond donors (Lipinski definition) is 1. The number of carbonyl (C=O) groups excluding carboxylic acids is 1. The van der Waals surface area contributed by atoms with Crippen LogP contribution in [0.4, 0.5) is 5.69 Å². The number of rotatable bonds is 7. The van der Waals surface area contributed by atoms with E-state index in [0.29, 0.717) is 28.6 Å². The van der Waals surface area contributed by atoms with Gasteiger partial charge in [0.05, 0.1) is 12.8 Å². The Balaban J connectivity index is 1.87. The van der Waals surface area contributed by atoms with E-state index < -0.39 is 0 Å². The van der Waals surface area contributed by atoms with Crippen molar-refractivity contribution in [1.29, 1.82) is 0 Å². The molecule has 0 bridgehead atoms. The number of nitrogens with one attached hydrogen (secondary N) is 1. The molecule has 0 fully saturated rings. The van der Waals surface area contributed by atoms with Gasteiger partial charge in [-0.05, 0) is 37.3 Å². The number of ether oxygens (including phenoxy) is 1. The molecular weight excluding hydrogens is 316 g/mol. The number of para-hydroxylation sites is 1. The summed E-state index contributed by atoms with van der Waals surface area (Å²) in [5.41, 5.74) is 1.39. The average Bonchev–Trinajstić information content (AvgIpc) is 2.55. The van der Waals surface area contributed by atoms with Crippen LogP contribution in [-0.2, 0) is 9.63 Å². The molecule has 0 heterocycles. The first kappa shape index (κ1) is 16.8. The number of carbonyl (C=O) groups is 1. The molecule has 2 aromatic carbocycles. The Morgan fingerprint density at radius 1 is 1.26 bits per heavy atom. The number of nitrogens with zero attached hydrogens (tertiary/aromatic N) is 1. The van der Waals surface area contributed by atoms with Crippen molar-refractivity contribution >= 4 is 29.4 Å². The molecule has 0 saturated carbocycles. The van der Waals surface area contributed by atoms with Crippen molar-refractivity contribution in [2.75, 3.05) is 18.5 Å². The van der Waals surface area contributed by atoms with Crippen LogP contribution in [-0.4, -0.2) is 25.3 Å². The Morgan fingerprint density at radius 2 is 2.04 bits per heavy atom. The van der Waals surface area contributed by atoms with Crippen LogP contribution >= 0.6 is 11.6 Å². The fourth-order valence-electron chi connectivity index (χ4n) is 1.82. The van der Waals surface area contributed by atoms with Crippen molar-refractivity contribution in [3.63, 3.8) is 0 Å². The molecule has 6 heteroatoms. The number of oxime groups is 1. The molecule has 5 nitrogen and oxygen atoms in total. The van der Waals surface area contributed by atoms with Crippen LogP contribution in [0.25, 0.3) is 0 Å². The zero-order valence-corrected chi connectivity index (χ0v) is 13.4. The molecule has 23 heavy (non-hydrogen) atoms. The van der Waals surface area contributed by atoms with Crippen molar-refractivity contribution < 1.29 is 14.4 Å². The standard InChI is InChI=1S/C17H17ClN2O3/c1-2-22-16-9-8-14(18)10-13(16)11-19-23-12-17(21)20-15-6-4-3-5-7-15/h3-11H,2,12H2,1H3,(H,20,21)/b19-11+. The van der Waals surface area contributed by atoms with Gasteiger partial charge in [-0.1, -0.05) is 35.0 Å². The first-order valence-electron chi connectivity index (χ1n) is 7.11. The summed E-state index contributed by atoms with van der Waals surface area (Å²) in [4.78, 5) is 16.7. The van der Waals surface area contributed by atoms with Gasteiger partial charge in [0.25, 0.3) is 5.91 Å². The van der Waals surface area contributed by atoms with Crippen molar-refractivity contribution in [3.05, 3.63) is 59.1 Å². The summed E-state index contributed by atoms with van der Waals surface area (Å²) in [6.45, 7) is 2.23. The van der Waals surface area contributed by atoms with Crippen molar-refractivity contribution in [2.45, 2.75) is 6.92 Å². The van der Waals surface area contributed by atoms with Gasteiger partial charge < -0.3 is 14.9 Å². The lowest BCUT2D eigenvalue weighted by Gasteiger charge is -2.07. The van der Waals surface area contributed by atoms with Crippen LogP contribution in [0.1, 0.15) is 12.5 Å². The van der Waals surface area contributed by atoms with Crippen LogP contribution < -0.4 is 10.1 Å². The minimum atomic E-state index is -0.288. The molecule has 0 saturated heterocycles. The van der Waals surface area contributed by atoms with Gasteiger partial charge in [0.2, 0.25) is 0 Å². The monoisotopic (exact) mass is 332 g/mol. The van der Waals surface area contributed by atoms with Crippen LogP contribution in [0.3, 0.4) is 0 Å². The first-order valence-corrected chi connectivity index (χ1v) is 7.49. The summed E-state index contributed by atoms with van der Waals surface area (Å²) < 4.78 is 5.46. The molecule has 1 N–H and O–H groups in total. The quantitative estimate of drug-likeness (QED) is 0.621. The van der Waals surface area contributed by atoms with E-state index >= 15 is 0 Å².